The van der Waals surface area contributed by atoms with Crippen LogP contribution in [0.25, 0.3) is 10.1 Å². The van der Waals surface area contributed by atoms with Crippen molar-refractivity contribution in [2.24, 2.45) is 0 Å². The van der Waals surface area contributed by atoms with E-state index in [-0.39, 0.29) is 5.78 Å². The molecule has 0 aliphatic heterocycles. The van der Waals surface area contributed by atoms with Gasteiger partial charge in [0.05, 0.1) is 0 Å². The number of ketones is 1. The first-order valence-electron chi connectivity index (χ1n) is 5.52. The number of hydrogen-bond donors (Lipinski definition) is 0. The van der Waals surface area contributed by atoms with Crippen molar-refractivity contribution in [2.45, 2.75) is 0 Å². The van der Waals surface area contributed by atoms with E-state index >= 15 is 0 Å². The number of fused-ring (bicyclic) bond motifs is 1. The van der Waals surface area contributed by atoms with E-state index in [4.69, 9.17) is 0 Å². The summed E-state index contributed by atoms with van der Waals surface area (Å²) in [6, 6.07) is 15.6. The SMILES string of the molecule is O=C(c1ccc(I)cc1)c1cccc2ccsc12. The zero-order chi connectivity index (χ0) is 12.5. The van der Waals surface area contributed by atoms with Crippen LogP contribution in [0.15, 0.2) is 53.9 Å². The van der Waals surface area contributed by atoms with Gasteiger partial charge in [0.25, 0.3) is 0 Å². The Balaban J connectivity index is 2.12. The van der Waals surface area contributed by atoms with Gasteiger partial charge in [0.2, 0.25) is 0 Å². The third-order valence-electron chi connectivity index (χ3n) is 2.83. The second-order valence-electron chi connectivity index (χ2n) is 3.98. The second-order valence-corrected chi connectivity index (χ2v) is 6.14. The van der Waals surface area contributed by atoms with Crippen LogP contribution >= 0.6 is 33.9 Å². The maximum atomic E-state index is 12.5. The number of hydrogen-bond acceptors (Lipinski definition) is 2. The minimum Gasteiger partial charge on any atom is -0.289 e. The normalized spacial score (nSPS) is 10.7. The van der Waals surface area contributed by atoms with Crippen LogP contribution in [0, 0.1) is 3.57 Å². The lowest BCUT2D eigenvalue weighted by atomic mass is 10.0. The monoisotopic (exact) mass is 364 g/mol. The zero-order valence-electron chi connectivity index (χ0n) is 9.39. The summed E-state index contributed by atoms with van der Waals surface area (Å²) >= 11 is 3.86. The molecule has 2 aromatic carbocycles. The largest absolute Gasteiger partial charge is 0.289 e. The van der Waals surface area contributed by atoms with Crippen LogP contribution in [0.1, 0.15) is 15.9 Å². The molecule has 3 rings (SSSR count). The molecule has 0 spiro atoms. The fraction of sp³-hybridized carbons (Fsp3) is 0. The third kappa shape index (κ3) is 2.08. The van der Waals surface area contributed by atoms with E-state index in [1.807, 2.05) is 53.9 Å². The molecule has 3 heteroatoms. The van der Waals surface area contributed by atoms with Gasteiger partial charge in [-0.05, 0) is 69.8 Å². The van der Waals surface area contributed by atoms with Crippen molar-refractivity contribution in [1.29, 1.82) is 0 Å². The highest BCUT2D eigenvalue weighted by atomic mass is 127. The van der Waals surface area contributed by atoms with E-state index in [1.165, 1.54) is 0 Å². The smallest absolute Gasteiger partial charge is 0.194 e. The molecule has 0 aliphatic carbocycles. The first-order valence-corrected chi connectivity index (χ1v) is 7.48. The average molecular weight is 364 g/mol. The van der Waals surface area contributed by atoms with Crippen molar-refractivity contribution in [3.63, 3.8) is 0 Å². The number of rotatable bonds is 2. The lowest BCUT2D eigenvalue weighted by Crippen LogP contribution is -2.01. The fourth-order valence-electron chi connectivity index (χ4n) is 1.93. The van der Waals surface area contributed by atoms with Gasteiger partial charge < -0.3 is 0 Å². The molecule has 0 unspecified atom stereocenters. The lowest BCUT2D eigenvalue weighted by molar-refractivity contribution is 0.104. The molecular formula is C15H9IOS. The van der Waals surface area contributed by atoms with Crippen LogP contribution in [0.4, 0.5) is 0 Å². The quantitative estimate of drug-likeness (QED) is 0.474. The van der Waals surface area contributed by atoms with Crippen LogP contribution < -0.4 is 0 Å². The number of carbonyl (C=O) groups is 1. The predicted octanol–water partition coefficient (Wildman–Crippen LogP) is 4.74. The van der Waals surface area contributed by atoms with E-state index < -0.39 is 0 Å². The van der Waals surface area contributed by atoms with Gasteiger partial charge in [-0.1, -0.05) is 12.1 Å². The molecule has 0 saturated carbocycles. The highest BCUT2D eigenvalue weighted by Crippen LogP contribution is 2.26. The Morgan fingerprint density at radius 3 is 2.56 bits per heavy atom. The van der Waals surface area contributed by atoms with E-state index in [0.29, 0.717) is 0 Å². The van der Waals surface area contributed by atoms with E-state index in [0.717, 1.165) is 24.8 Å². The summed E-state index contributed by atoms with van der Waals surface area (Å²) in [5, 5.41) is 3.16. The van der Waals surface area contributed by atoms with Crippen LogP contribution in [0.5, 0.6) is 0 Å². The first-order chi connectivity index (χ1) is 8.75. The van der Waals surface area contributed by atoms with Crippen LogP contribution in [-0.4, -0.2) is 5.78 Å². The molecule has 1 aromatic heterocycles. The van der Waals surface area contributed by atoms with Crippen LogP contribution in [0.2, 0.25) is 0 Å². The Bertz CT molecular complexity index is 713. The van der Waals surface area contributed by atoms with Gasteiger partial charge in [-0.2, -0.15) is 0 Å². The second kappa shape index (κ2) is 4.82. The molecular weight excluding hydrogens is 355 g/mol. The van der Waals surface area contributed by atoms with Crippen molar-refractivity contribution >= 4 is 49.8 Å². The third-order valence-corrected chi connectivity index (χ3v) is 4.51. The minimum absolute atomic E-state index is 0.0967. The van der Waals surface area contributed by atoms with Crippen molar-refractivity contribution in [3.8, 4) is 0 Å². The highest BCUT2D eigenvalue weighted by Gasteiger charge is 2.12. The number of carbonyl (C=O) groups excluding carboxylic acids is 1. The molecule has 1 nitrogen and oxygen atoms in total. The molecule has 88 valence electrons. The zero-order valence-corrected chi connectivity index (χ0v) is 12.4. The Morgan fingerprint density at radius 2 is 1.78 bits per heavy atom. The molecule has 0 aliphatic rings. The van der Waals surface area contributed by atoms with E-state index in [1.54, 1.807) is 11.3 Å². The summed E-state index contributed by atoms with van der Waals surface area (Å²) in [6.45, 7) is 0. The number of benzene rings is 2. The molecule has 0 fully saturated rings. The van der Waals surface area contributed by atoms with Gasteiger partial charge in [-0.3, -0.25) is 4.79 Å². The standard InChI is InChI=1S/C15H9IOS/c16-12-6-4-10(5-7-12)14(17)13-3-1-2-11-8-9-18-15(11)13/h1-9H. The topological polar surface area (TPSA) is 17.1 Å². The molecule has 0 amide bonds. The Labute approximate surface area is 123 Å². The van der Waals surface area contributed by atoms with Crippen molar-refractivity contribution in [3.05, 3.63) is 68.6 Å². The summed E-state index contributed by atoms with van der Waals surface area (Å²) < 4.78 is 2.21. The maximum absolute atomic E-state index is 12.5. The Morgan fingerprint density at radius 1 is 1.00 bits per heavy atom. The van der Waals surface area contributed by atoms with E-state index in [9.17, 15) is 4.79 Å². The van der Waals surface area contributed by atoms with Crippen molar-refractivity contribution in [1.82, 2.24) is 0 Å². The lowest BCUT2D eigenvalue weighted by Gasteiger charge is -2.03. The molecule has 0 atom stereocenters. The van der Waals surface area contributed by atoms with Gasteiger partial charge in [-0.25, -0.2) is 0 Å². The number of halogens is 1. The van der Waals surface area contributed by atoms with Gasteiger partial charge in [0.15, 0.2) is 5.78 Å². The van der Waals surface area contributed by atoms with Gasteiger partial charge >= 0.3 is 0 Å². The molecule has 0 N–H and O–H groups in total. The summed E-state index contributed by atoms with van der Waals surface area (Å²) in [4.78, 5) is 12.5. The van der Waals surface area contributed by atoms with Gasteiger partial charge in [-0.15, -0.1) is 11.3 Å². The molecule has 0 bridgehead atoms. The van der Waals surface area contributed by atoms with Crippen LogP contribution in [-0.2, 0) is 0 Å². The molecule has 1 heterocycles. The Kier molecular flexibility index (Phi) is 3.18. The molecule has 18 heavy (non-hydrogen) atoms. The Hall–Kier alpha value is -1.20. The average Bonchev–Trinajstić information content (AvgIpc) is 2.87. The molecule has 0 radical (unpaired) electrons. The first kappa shape index (κ1) is 11.9. The van der Waals surface area contributed by atoms with Crippen LogP contribution in [0.3, 0.4) is 0 Å². The highest BCUT2D eigenvalue weighted by molar-refractivity contribution is 14.1. The van der Waals surface area contributed by atoms with E-state index in [2.05, 4.69) is 22.6 Å². The molecule has 0 saturated heterocycles. The summed E-state index contributed by atoms with van der Waals surface area (Å²) in [7, 11) is 0. The van der Waals surface area contributed by atoms with Gasteiger partial charge in [0, 0.05) is 19.4 Å². The molecule has 3 aromatic rings. The predicted molar refractivity (Wildman–Crippen MR) is 84.4 cm³/mol. The van der Waals surface area contributed by atoms with Crippen molar-refractivity contribution in [2.75, 3.05) is 0 Å². The number of thiophene rings is 1. The summed E-state index contributed by atoms with van der Waals surface area (Å²) in [5.74, 6) is 0.0967. The maximum Gasteiger partial charge on any atom is 0.194 e. The summed E-state index contributed by atoms with van der Waals surface area (Å²) in [5.41, 5.74) is 1.54. The van der Waals surface area contributed by atoms with Crippen molar-refractivity contribution < 1.29 is 4.79 Å². The van der Waals surface area contributed by atoms with Gasteiger partial charge in [0.1, 0.15) is 0 Å². The summed E-state index contributed by atoms with van der Waals surface area (Å²) in [6.07, 6.45) is 0. The minimum atomic E-state index is 0.0967. The fourth-order valence-corrected chi connectivity index (χ4v) is 3.20.